The summed E-state index contributed by atoms with van der Waals surface area (Å²) in [6.07, 6.45) is 22.0. The normalized spacial score (nSPS) is 15.2. The fraction of sp³-hybridized carbons (Fsp3) is 0.964. The zero-order chi connectivity index (χ0) is 25.4. The summed E-state index contributed by atoms with van der Waals surface area (Å²) in [5.41, 5.74) is 11.3. The molecule has 204 valence electrons. The van der Waals surface area contributed by atoms with Crippen LogP contribution in [-0.2, 0) is 4.79 Å². The van der Waals surface area contributed by atoms with Gasteiger partial charge in [0.05, 0.1) is 24.9 Å². The molecule has 0 amide bonds. The van der Waals surface area contributed by atoms with Crippen LogP contribution in [0.25, 0.3) is 0 Å². The van der Waals surface area contributed by atoms with Crippen molar-refractivity contribution in [3.05, 3.63) is 0 Å². The Morgan fingerprint density at radius 1 is 0.588 bits per heavy atom. The van der Waals surface area contributed by atoms with Crippen LogP contribution in [0.15, 0.2) is 0 Å². The number of aliphatic hydroxyl groups is 3. The van der Waals surface area contributed by atoms with Gasteiger partial charge in [-0.05, 0) is 32.6 Å². The molecule has 0 heterocycles. The third-order valence-corrected chi connectivity index (χ3v) is 6.97. The van der Waals surface area contributed by atoms with Crippen LogP contribution in [0.4, 0.5) is 0 Å². The Morgan fingerprint density at radius 3 is 1.26 bits per heavy atom. The quantitative estimate of drug-likeness (QED) is 0.108. The van der Waals surface area contributed by atoms with Crippen LogP contribution in [-0.4, -0.2) is 52.0 Å². The summed E-state index contributed by atoms with van der Waals surface area (Å²) in [6, 6.07) is -0.643. The summed E-state index contributed by atoms with van der Waals surface area (Å²) in [6.45, 7) is 1.70. The molecule has 0 aromatic carbocycles. The van der Waals surface area contributed by atoms with E-state index in [9.17, 15) is 15.0 Å². The van der Waals surface area contributed by atoms with Crippen molar-refractivity contribution in [3.8, 4) is 0 Å². The lowest BCUT2D eigenvalue weighted by molar-refractivity contribution is -0.119. The second kappa shape index (κ2) is 24.2. The summed E-state index contributed by atoms with van der Waals surface area (Å²) in [5.74, 6) is 0.429. The minimum atomic E-state index is -0.573. The maximum absolute atomic E-state index is 12.0. The molecule has 0 rings (SSSR count). The van der Waals surface area contributed by atoms with Crippen molar-refractivity contribution in [2.75, 3.05) is 6.61 Å². The summed E-state index contributed by atoms with van der Waals surface area (Å²) < 4.78 is 0. The summed E-state index contributed by atoms with van der Waals surface area (Å²) >= 11 is 0. The van der Waals surface area contributed by atoms with Crippen LogP contribution >= 0.6 is 0 Å². The molecule has 0 aromatic rings. The number of aliphatic hydroxyl groups excluding tert-OH is 3. The fourth-order valence-corrected chi connectivity index (χ4v) is 4.37. The lowest BCUT2D eigenvalue weighted by atomic mass is 10.0. The molecule has 0 aliphatic rings. The molecule has 0 spiro atoms. The molecule has 34 heavy (non-hydrogen) atoms. The van der Waals surface area contributed by atoms with E-state index in [1.54, 1.807) is 0 Å². The highest BCUT2D eigenvalue weighted by molar-refractivity contribution is 5.78. The monoisotopic (exact) mass is 486 g/mol. The Bertz CT molecular complexity index is 448. The van der Waals surface area contributed by atoms with E-state index >= 15 is 0 Å². The standard InChI is InChI=1S/C28H58N2O4/c1-24(29)27(33)21-17-14-10-12-16-20-25(32)19-15-11-8-6-4-2-3-5-7-9-13-18-22-28(34)26(30)23-31/h24,26-28,31,33-34H,2-23,29-30H2,1H3. The van der Waals surface area contributed by atoms with Gasteiger partial charge in [0.25, 0.3) is 0 Å². The van der Waals surface area contributed by atoms with E-state index in [0.29, 0.717) is 12.2 Å². The third-order valence-electron chi connectivity index (χ3n) is 6.97. The van der Waals surface area contributed by atoms with E-state index in [4.69, 9.17) is 16.6 Å². The van der Waals surface area contributed by atoms with Crippen molar-refractivity contribution < 1.29 is 20.1 Å². The van der Waals surface area contributed by atoms with Gasteiger partial charge >= 0.3 is 0 Å². The minimum Gasteiger partial charge on any atom is -0.395 e. The van der Waals surface area contributed by atoms with Gasteiger partial charge in [-0.15, -0.1) is 0 Å². The van der Waals surface area contributed by atoms with Crippen molar-refractivity contribution >= 4 is 5.78 Å². The smallest absolute Gasteiger partial charge is 0.132 e. The third kappa shape index (κ3) is 22.0. The van der Waals surface area contributed by atoms with E-state index < -0.39 is 12.1 Å². The highest BCUT2D eigenvalue weighted by Crippen LogP contribution is 2.15. The molecule has 0 saturated heterocycles. The van der Waals surface area contributed by atoms with E-state index in [1.807, 2.05) is 6.92 Å². The van der Waals surface area contributed by atoms with Crippen LogP contribution in [0.1, 0.15) is 142 Å². The van der Waals surface area contributed by atoms with Crippen molar-refractivity contribution in [1.29, 1.82) is 0 Å². The van der Waals surface area contributed by atoms with E-state index in [1.165, 1.54) is 57.8 Å². The molecular formula is C28H58N2O4. The number of ketones is 1. The molecule has 0 saturated carbocycles. The number of unbranched alkanes of at least 4 members (excludes halogenated alkanes) is 15. The largest absolute Gasteiger partial charge is 0.395 e. The predicted molar refractivity (Wildman–Crippen MR) is 143 cm³/mol. The molecule has 4 unspecified atom stereocenters. The van der Waals surface area contributed by atoms with Crippen LogP contribution < -0.4 is 11.5 Å². The van der Waals surface area contributed by atoms with Crippen LogP contribution in [0, 0.1) is 0 Å². The summed E-state index contributed by atoms with van der Waals surface area (Å²) in [7, 11) is 0. The maximum atomic E-state index is 12.0. The second-order valence-electron chi connectivity index (χ2n) is 10.5. The maximum Gasteiger partial charge on any atom is 0.132 e. The molecular weight excluding hydrogens is 428 g/mol. The first kappa shape index (κ1) is 33.5. The van der Waals surface area contributed by atoms with E-state index in [2.05, 4.69) is 0 Å². The van der Waals surface area contributed by atoms with Gasteiger partial charge < -0.3 is 26.8 Å². The minimum absolute atomic E-state index is 0.143. The van der Waals surface area contributed by atoms with E-state index in [-0.39, 0.29) is 18.8 Å². The first-order valence-electron chi connectivity index (χ1n) is 14.4. The Kier molecular flexibility index (Phi) is 23.8. The highest BCUT2D eigenvalue weighted by Gasteiger charge is 2.12. The van der Waals surface area contributed by atoms with Gasteiger partial charge in [0, 0.05) is 18.9 Å². The zero-order valence-electron chi connectivity index (χ0n) is 22.3. The number of carbonyl (C=O) groups excluding carboxylic acids is 1. The van der Waals surface area contributed by atoms with Gasteiger partial charge in [0.1, 0.15) is 5.78 Å². The molecule has 4 atom stereocenters. The Balaban J connectivity index is 3.26. The molecule has 0 aromatic heterocycles. The lowest BCUT2D eigenvalue weighted by Crippen LogP contribution is -2.37. The number of Topliss-reactive ketones (excluding diaryl/α,β-unsaturated/α-hetero) is 1. The SMILES string of the molecule is CC(N)C(O)CCCCCCCC(=O)CCCCCCCCCCCCCCC(O)C(N)CO. The highest BCUT2D eigenvalue weighted by atomic mass is 16.3. The van der Waals surface area contributed by atoms with Gasteiger partial charge in [-0.2, -0.15) is 0 Å². The number of hydrogen-bond acceptors (Lipinski definition) is 6. The van der Waals surface area contributed by atoms with Crippen LogP contribution in [0.2, 0.25) is 0 Å². The van der Waals surface area contributed by atoms with Gasteiger partial charge in [-0.3, -0.25) is 4.79 Å². The Morgan fingerprint density at radius 2 is 0.912 bits per heavy atom. The van der Waals surface area contributed by atoms with Crippen LogP contribution in [0.5, 0.6) is 0 Å². The molecule has 0 fully saturated rings. The van der Waals surface area contributed by atoms with Crippen molar-refractivity contribution in [1.82, 2.24) is 0 Å². The number of nitrogens with two attached hydrogens (primary N) is 2. The first-order chi connectivity index (χ1) is 16.4. The average molecular weight is 487 g/mol. The number of carbonyl (C=O) groups is 1. The topological polar surface area (TPSA) is 130 Å². The zero-order valence-corrected chi connectivity index (χ0v) is 22.3. The molecule has 0 bridgehead atoms. The molecule has 0 radical (unpaired) electrons. The van der Waals surface area contributed by atoms with Crippen molar-refractivity contribution in [3.63, 3.8) is 0 Å². The van der Waals surface area contributed by atoms with Crippen molar-refractivity contribution in [2.45, 2.75) is 166 Å². The summed E-state index contributed by atoms with van der Waals surface area (Å²) in [5, 5.41) is 28.3. The molecule has 0 aliphatic carbocycles. The Hall–Kier alpha value is -0.530. The van der Waals surface area contributed by atoms with Gasteiger partial charge in [0.2, 0.25) is 0 Å². The average Bonchev–Trinajstić information content (AvgIpc) is 2.82. The molecule has 7 N–H and O–H groups in total. The van der Waals surface area contributed by atoms with Crippen molar-refractivity contribution in [2.24, 2.45) is 11.5 Å². The fourth-order valence-electron chi connectivity index (χ4n) is 4.37. The number of rotatable bonds is 26. The lowest BCUT2D eigenvalue weighted by Gasteiger charge is -2.15. The van der Waals surface area contributed by atoms with Crippen LogP contribution in [0.3, 0.4) is 0 Å². The van der Waals surface area contributed by atoms with Gasteiger partial charge in [-0.25, -0.2) is 0 Å². The van der Waals surface area contributed by atoms with Gasteiger partial charge in [-0.1, -0.05) is 96.3 Å². The van der Waals surface area contributed by atoms with Gasteiger partial charge in [0.15, 0.2) is 0 Å². The van der Waals surface area contributed by atoms with E-state index in [0.717, 1.165) is 70.6 Å². The summed E-state index contributed by atoms with van der Waals surface area (Å²) in [4.78, 5) is 12.0. The predicted octanol–water partition coefficient (Wildman–Crippen LogP) is 5.14. The molecule has 6 nitrogen and oxygen atoms in total. The first-order valence-corrected chi connectivity index (χ1v) is 14.4. The number of hydrogen-bond donors (Lipinski definition) is 5. The molecule has 6 heteroatoms. The Labute approximate surface area is 210 Å². The molecule has 0 aliphatic heterocycles. The second-order valence-corrected chi connectivity index (χ2v) is 10.5.